The molecule has 5 heteroatoms. The molecular weight excluding hydrogens is 314 g/mol. The number of nitrogens with zero attached hydrogens (tertiary/aromatic N) is 2. The van der Waals surface area contributed by atoms with Crippen molar-refractivity contribution in [2.75, 3.05) is 7.05 Å². The Morgan fingerprint density at radius 1 is 1.04 bits per heavy atom. The Hall–Kier alpha value is -1.88. The molecule has 2 saturated heterocycles. The van der Waals surface area contributed by atoms with Crippen LogP contribution < -0.4 is 5.73 Å². The molecule has 2 N–H and O–H groups in total. The summed E-state index contributed by atoms with van der Waals surface area (Å²) >= 11 is 0. The van der Waals surface area contributed by atoms with Gasteiger partial charge in [-0.25, -0.2) is 0 Å². The van der Waals surface area contributed by atoms with Crippen LogP contribution in [0.5, 0.6) is 0 Å². The van der Waals surface area contributed by atoms with E-state index in [1.165, 1.54) is 12.8 Å². The van der Waals surface area contributed by atoms with Crippen molar-refractivity contribution >= 4 is 11.8 Å². The van der Waals surface area contributed by atoms with E-state index < -0.39 is 5.91 Å². The van der Waals surface area contributed by atoms with Gasteiger partial charge in [0.05, 0.1) is 23.2 Å². The van der Waals surface area contributed by atoms with Gasteiger partial charge in [-0.2, -0.15) is 0 Å². The lowest BCUT2D eigenvalue weighted by Gasteiger charge is -2.08. The summed E-state index contributed by atoms with van der Waals surface area (Å²) in [7, 11) is 2.12. The Balaban J connectivity index is 1.85. The number of benzene rings is 1. The highest BCUT2D eigenvalue weighted by atomic mass is 16.2. The molecule has 3 rings (SSSR count). The minimum atomic E-state index is -0.545. The third-order valence-electron chi connectivity index (χ3n) is 5.88. The number of hydrogen-bond acceptors (Lipinski definition) is 3. The van der Waals surface area contributed by atoms with Gasteiger partial charge in [0.1, 0.15) is 5.66 Å². The average molecular weight is 343 g/mol. The summed E-state index contributed by atoms with van der Waals surface area (Å²) in [5.74, 6) is -0.599. The van der Waals surface area contributed by atoms with Crippen molar-refractivity contribution in [3.63, 3.8) is 0 Å². The van der Waals surface area contributed by atoms with Crippen molar-refractivity contribution in [1.29, 1.82) is 0 Å². The van der Waals surface area contributed by atoms with Crippen molar-refractivity contribution in [3.05, 3.63) is 35.4 Å². The molecule has 2 heterocycles. The zero-order valence-corrected chi connectivity index (χ0v) is 15.5. The fraction of sp³-hybridized carbons (Fsp3) is 0.600. The predicted octanol–water partition coefficient (Wildman–Crippen LogP) is 3.00. The second-order valence-corrected chi connectivity index (χ2v) is 7.30. The van der Waals surface area contributed by atoms with Crippen LogP contribution in [0.15, 0.2) is 24.3 Å². The van der Waals surface area contributed by atoms with Gasteiger partial charge in [-0.1, -0.05) is 51.7 Å². The average Bonchev–Trinajstić information content (AvgIpc) is 3.45. The van der Waals surface area contributed by atoms with Crippen molar-refractivity contribution < 1.29 is 9.59 Å². The quantitative estimate of drug-likeness (QED) is 0.738. The molecule has 0 aliphatic carbocycles. The topological polar surface area (TPSA) is 66.2 Å². The van der Waals surface area contributed by atoms with Crippen LogP contribution >= 0.6 is 0 Å². The molecule has 0 radical (unpaired) electrons. The summed E-state index contributed by atoms with van der Waals surface area (Å²) in [6, 6.07) is 7.60. The standard InChI is InChI=1S/C20H29N3O2/c1-4-6-12-16-20(22(16)3)17(13-7-5-2)23(20)19(25)15-11-9-8-10-14(15)18(21)24/h8-11,16-17H,4-7,12-13H2,1-3H3,(H2,21,24)/t16-,17?,20-,22?,23?/m0/s1. The summed E-state index contributed by atoms with van der Waals surface area (Å²) in [4.78, 5) is 29.3. The zero-order chi connectivity index (χ0) is 18.2. The Morgan fingerprint density at radius 2 is 1.60 bits per heavy atom. The number of nitrogens with two attached hydrogens (primary N) is 1. The molecule has 25 heavy (non-hydrogen) atoms. The lowest BCUT2D eigenvalue weighted by molar-refractivity contribution is 0.0845. The Kier molecular flexibility index (Phi) is 4.87. The number of unbranched alkanes of at least 4 members (excludes halogenated alkanes) is 2. The third kappa shape index (κ3) is 2.74. The maximum absolute atomic E-state index is 13.2. The van der Waals surface area contributed by atoms with E-state index in [4.69, 9.17) is 5.73 Å². The van der Waals surface area contributed by atoms with Gasteiger partial charge >= 0.3 is 0 Å². The molecule has 1 aromatic carbocycles. The van der Waals surface area contributed by atoms with Crippen LogP contribution in [0.4, 0.5) is 0 Å². The van der Waals surface area contributed by atoms with Crippen molar-refractivity contribution in [2.45, 2.75) is 70.1 Å². The molecule has 5 nitrogen and oxygen atoms in total. The highest BCUT2D eigenvalue weighted by Gasteiger charge is 2.82. The number of amides is 2. The van der Waals surface area contributed by atoms with Gasteiger partial charge < -0.3 is 10.6 Å². The van der Waals surface area contributed by atoms with Gasteiger partial charge in [0, 0.05) is 0 Å². The smallest absolute Gasteiger partial charge is 0.256 e. The zero-order valence-electron chi connectivity index (χ0n) is 15.5. The number of likely N-dealkylation sites (N-methyl/N-ethyl adjacent to an activating group) is 1. The summed E-state index contributed by atoms with van der Waals surface area (Å²) in [5, 5.41) is 0. The fourth-order valence-corrected chi connectivity index (χ4v) is 4.50. The summed E-state index contributed by atoms with van der Waals surface area (Å²) < 4.78 is 0. The summed E-state index contributed by atoms with van der Waals surface area (Å²) in [6.45, 7) is 4.37. The van der Waals surface area contributed by atoms with Crippen molar-refractivity contribution in [2.24, 2.45) is 5.73 Å². The number of carbonyl (C=O) groups is 2. The van der Waals surface area contributed by atoms with Crippen LogP contribution in [0.25, 0.3) is 0 Å². The molecule has 1 spiro atoms. The Bertz CT molecular complexity index is 675. The SMILES string of the molecule is CCCCC1N(C(=O)c2ccccc2C(N)=O)[C@@]12[C@H](CCCC)N2C. The molecule has 2 fully saturated rings. The van der Waals surface area contributed by atoms with E-state index in [0.29, 0.717) is 17.2 Å². The number of carbonyl (C=O) groups excluding carboxylic acids is 2. The molecule has 2 aliphatic heterocycles. The summed E-state index contributed by atoms with van der Waals surface area (Å²) in [6.07, 6.45) is 6.72. The molecule has 0 bridgehead atoms. The first-order valence-corrected chi connectivity index (χ1v) is 9.47. The van der Waals surface area contributed by atoms with Gasteiger partial charge in [-0.05, 0) is 32.0 Å². The highest BCUT2D eigenvalue weighted by Crippen LogP contribution is 2.63. The molecule has 136 valence electrons. The molecule has 2 aliphatic rings. The van der Waals surface area contributed by atoms with Gasteiger partial charge in [0.25, 0.3) is 5.91 Å². The minimum absolute atomic E-state index is 0.0543. The van der Waals surface area contributed by atoms with E-state index >= 15 is 0 Å². The lowest BCUT2D eigenvalue weighted by atomic mass is 10.1. The van der Waals surface area contributed by atoms with Gasteiger partial charge in [0.2, 0.25) is 5.91 Å². The van der Waals surface area contributed by atoms with Gasteiger partial charge in [0.15, 0.2) is 0 Å². The minimum Gasteiger partial charge on any atom is -0.366 e. The molecule has 4 atom stereocenters. The largest absolute Gasteiger partial charge is 0.366 e. The first-order valence-electron chi connectivity index (χ1n) is 9.47. The monoisotopic (exact) mass is 343 g/mol. The number of rotatable bonds is 8. The van der Waals surface area contributed by atoms with Crippen LogP contribution in [-0.2, 0) is 0 Å². The molecule has 0 saturated carbocycles. The second kappa shape index (κ2) is 6.79. The first-order chi connectivity index (χ1) is 12.0. The van der Waals surface area contributed by atoms with Crippen LogP contribution in [-0.4, -0.2) is 46.4 Å². The normalized spacial score (nSPS) is 29.7. The predicted molar refractivity (Wildman–Crippen MR) is 98.2 cm³/mol. The maximum Gasteiger partial charge on any atom is 0.256 e. The van der Waals surface area contributed by atoms with Crippen LogP contribution in [0.1, 0.15) is 73.1 Å². The van der Waals surface area contributed by atoms with E-state index in [9.17, 15) is 9.59 Å². The molecule has 2 unspecified atom stereocenters. The molecule has 0 aromatic heterocycles. The van der Waals surface area contributed by atoms with E-state index in [2.05, 4.69) is 25.8 Å². The van der Waals surface area contributed by atoms with E-state index in [0.717, 1.165) is 25.7 Å². The van der Waals surface area contributed by atoms with Crippen molar-refractivity contribution in [1.82, 2.24) is 9.80 Å². The van der Waals surface area contributed by atoms with Crippen LogP contribution in [0.2, 0.25) is 0 Å². The Labute approximate surface area is 150 Å². The van der Waals surface area contributed by atoms with E-state index in [-0.39, 0.29) is 17.6 Å². The van der Waals surface area contributed by atoms with Crippen LogP contribution in [0, 0.1) is 0 Å². The first kappa shape index (κ1) is 17.9. The number of primary amides is 1. The Morgan fingerprint density at radius 3 is 2.16 bits per heavy atom. The van der Waals surface area contributed by atoms with E-state index in [1.54, 1.807) is 24.3 Å². The van der Waals surface area contributed by atoms with Crippen LogP contribution in [0.3, 0.4) is 0 Å². The fourth-order valence-electron chi connectivity index (χ4n) is 4.50. The lowest BCUT2D eigenvalue weighted by Crippen LogP contribution is -2.23. The van der Waals surface area contributed by atoms with Gasteiger partial charge in [-0.15, -0.1) is 0 Å². The molecule has 2 amide bonds. The molecule has 1 aromatic rings. The second-order valence-electron chi connectivity index (χ2n) is 7.30. The summed E-state index contributed by atoms with van der Waals surface area (Å²) in [5.41, 5.74) is 6.10. The van der Waals surface area contributed by atoms with E-state index in [1.807, 2.05) is 4.90 Å². The molecular formula is C20H29N3O2. The maximum atomic E-state index is 13.2. The van der Waals surface area contributed by atoms with Gasteiger partial charge in [-0.3, -0.25) is 14.5 Å². The highest BCUT2D eigenvalue weighted by molar-refractivity contribution is 6.08. The third-order valence-corrected chi connectivity index (χ3v) is 5.88. The van der Waals surface area contributed by atoms with Crippen molar-refractivity contribution in [3.8, 4) is 0 Å². The number of hydrogen-bond donors (Lipinski definition) is 1.